The second-order valence-corrected chi connectivity index (χ2v) is 10.9. The topological polar surface area (TPSA) is 309 Å². The molecule has 0 aromatic carbocycles. The normalized spacial score (nSPS) is 25.6. The van der Waals surface area contributed by atoms with Crippen LogP contribution in [0.25, 0.3) is 0 Å². The van der Waals surface area contributed by atoms with E-state index in [4.69, 9.17) is 24.2 Å². The van der Waals surface area contributed by atoms with Crippen LogP contribution in [0, 0.1) is 0 Å². The molecule has 36 heavy (non-hydrogen) atoms. The van der Waals surface area contributed by atoms with Crippen molar-refractivity contribution >= 4 is 29.4 Å². The van der Waals surface area contributed by atoms with E-state index in [0.29, 0.717) is 10.8 Å². The van der Waals surface area contributed by atoms with Gasteiger partial charge in [-0.3, -0.25) is 23.8 Å². The highest BCUT2D eigenvalue weighted by molar-refractivity contribution is 7.66. The molecule has 3 unspecified atom stereocenters. The van der Waals surface area contributed by atoms with Crippen molar-refractivity contribution < 1.29 is 80.7 Å². The zero-order valence-corrected chi connectivity index (χ0v) is 20.3. The Hall–Kier alpha value is -1.80. The number of phosphoric ester groups is 1. The van der Waals surface area contributed by atoms with Crippen LogP contribution in [-0.4, -0.2) is 83.9 Å². The fraction of sp³-hybridized carbons (Fsp3) is 0.583. The van der Waals surface area contributed by atoms with Gasteiger partial charge in [-0.15, -0.1) is 0 Å². The molecule has 1 fully saturated rings. The summed E-state index contributed by atoms with van der Waals surface area (Å²) >= 11 is 0. The highest BCUT2D eigenvalue weighted by atomic mass is 31.3. The molecule has 2 rings (SSSR count). The molecule has 7 N–H and O–H groups in total. The number of aliphatic hydroxyl groups is 2. The first-order chi connectivity index (χ1) is 16.4. The lowest BCUT2D eigenvalue weighted by molar-refractivity contribution is -0.256. The summed E-state index contributed by atoms with van der Waals surface area (Å²) in [5, 5.41) is 20.4. The molecule has 0 radical (unpaired) electrons. The predicted octanol–water partition coefficient (Wildman–Crippen LogP) is -3.02. The lowest BCUT2D eigenvalue weighted by atomic mass is 10.1. The Labute approximate surface area is 198 Å². The molecule has 0 saturated carbocycles. The van der Waals surface area contributed by atoms with E-state index in [-0.39, 0.29) is 0 Å². The van der Waals surface area contributed by atoms with Gasteiger partial charge < -0.3 is 39.3 Å². The van der Waals surface area contributed by atoms with Gasteiger partial charge in [-0.2, -0.15) is 13.5 Å². The monoisotopic (exact) mass is 588 g/mol. The van der Waals surface area contributed by atoms with Crippen LogP contribution in [0.2, 0.25) is 0 Å². The summed E-state index contributed by atoms with van der Waals surface area (Å²) in [6.07, 6.45) is -6.65. The van der Waals surface area contributed by atoms with Crippen LogP contribution in [0.3, 0.4) is 0 Å². The summed E-state index contributed by atoms with van der Waals surface area (Å²) in [7, 11) is -16.0. The standard InChI is InChI=1S/C12H19N2O19P3/c1-27-31-7(15)4-28-5-2-14(12(19)13-10(5)18)11-9(17)8(16)6(30-11)3-29-35(23,24)33-36(25,26)32-34(20,21)22/h2,6,8-9,11,16-17H,3-4H2,1H3,(H,23,24)(H,25,26)(H,13,18,19)(H2,20,21,22)/t6-,8+,9?,11-/m1/s1. The molecule has 1 aromatic heterocycles. The zero-order chi connectivity index (χ0) is 27.5. The third-order valence-corrected chi connectivity index (χ3v) is 7.69. The molecular formula is C12H19N2O19P3. The average Bonchev–Trinajstić information content (AvgIpc) is 2.97. The van der Waals surface area contributed by atoms with Crippen LogP contribution in [-0.2, 0) is 46.1 Å². The molecule has 24 heteroatoms. The van der Waals surface area contributed by atoms with E-state index in [0.717, 1.165) is 7.11 Å². The van der Waals surface area contributed by atoms with Gasteiger partial charge in [0.1, 0.15) is 18.3 Å². The van der Waals surface area contributed by atoms with E-state index in [9.17, 15) is 43.2 Å². The Morgan fingerprint density at radius 3 is 2.31 bits per heavy atom. The summed E-state index contributed by atoms with van der Waals surface area (Å²) in [6, 6.07) is 0. The number of nitrogens with zero attached hydrogens (tertiary/aromatic N) is 1. The number of H-pyrrole nitrogens is 1. The van der Waals surface area contributed by atoms with Crippen LogP contribution in [0.4, 0.5) is 0 Å². The number of nitrogens with one attached hydrogen (secondary N) is 1. The first-order valence-corrected chi connectivity index (χ1v) is 13.5. The third kappa shape index (κ3) is 8.65. The minimum Gasteiger partial charge on any atom is -0.475 e. The summed E-state index contributed by atoms with van der Waals surface area (Å²) in [5.41, 5.74) is -2.28. The maximum Gasteiger partial charge on any atom is 0.490 e. The van der Waals surface area contributed by atoms with Gasteiger partial charge in [0, 0.05) is 0 Å². The molecule has 1 aliphatic heterocycles. The van der Waals surface area contributed by atoms with Crippen LogP contribution in [0.5, 0.6) is 5.75 Å². The highest BCUT2D eigenvalue weighted by Crippen LogP contribution is 2.66. The van der Waals surface area contributed by atoms with Crippen LogP contribution in [0.1, 0.15) is 6.23 Å². The lowest BCUT2D eigenvalue weighted by Crippen LogP contribution is -2.38. The van der Waals surface area contributed by atoms with Crippen LogP contribution in [0.15, 0.2) is 15.8 Å². The van der Waals surface area contributed by atoms with Crippen molar-refractivity contribution in [2.45, 2.75) is 24.5 Å². The number of hydrogen-bond acceptors (Lipinski definition) is 15. The second kappa shape index (κ2) is 11.7. The van der Waals surface area contributed by atoms with E-state index >= 15 is 0 Å². The Morgan fingerprint density at radius 1 is 1.08 bits per heavy atom. The number of aliphatic hydroxyl groups excluding tert-OH is 2. The van der Waals surface area contributed by atoms with Gasteiger partial charge in [-0.1, -0.05) is 0 Å². The fourth-order valence-corrected chi connectivity index (χ4v) is 5.61. The van der Waals surface area contributed by atoms with Gasteiger partial charge in [0.05, 0.1) is 19.9 Å². The summed E-state index contributed by atoms with van der Waals surface area (Å²) in [5.74, 6) is -1.70. The molecule has 0 bridgehead atoms. The first-order valence-electron chi connectivity index (χ1n) is 8.96. The van der Waals surface area contributed by atoms with Gasteiger partial charge in [0.25, 0.3) is 5.56 Å². The van der Waals surface area contributed by atoms with Crippen molar-refractivity contribution in [2.24, 2.45) is 0 Å². The Bertz CT molecular complexity index is 1200. The minimum absolute atomic E-state index is 0.525. The van der Waals surface area contributed by atoms with E-state index in [1.165, 1.54) is 0 Å². The predicted molar refractivity (Wildman–Crippen MR) is 106 cm³/mol. The molecule has 0 spiro atoms. The van der Waals surface area contributed by atoms with Gasteiger partial charge >= 0.3 is 35.1 Å². The maximum atomic E-state index is 12.2. The SMILES string of the molecule is COOC(=O)COc1cn([C@@H]2O[C@H](COP(=O)(O)OP(=O)(O)OP(=O)(O)O)[C@H](O)C2O)c(=O)[nH]c1=O. The van der Waals surface area contributed by atoms with Gasteiger partial charge in [-0.05, 0) is 0 Å². The van der Waals surface area contributed by atoms with Crippen molar-refractivity contribution in [3.8, 4) is 5.75 Å². The molecule has 6 atom stereocenters. The largest absolute Gasteiger partial charge is 0.490 e. The van der Waals surface area contributed by atoms with Crippen LogP contribution < -0.4 is 16.0 Å². The van der Waals surface area contributed by atoms with Crippen molar-refractivity contribution in [1.82, 2.24) is 9.55 Å². The maximum absolute atomic E-state index is 12.2. The third-order valence-electron chi connectivity index (χ3n) is 3.89. The van der Waals surface area contributed by atoms with Crippen molar-refractivity contribution in [2.75, 3.05) is 20.3 Å². The Morgan fingerprint density at radius 2 is 1.72 bits per heavy atom. The van der Waals surface area contributed by atoms with Gasteiger partial charge in [0.15, 0.2) is 12.8 Å². The van der Waals surface area contributed by atoms with E-state index in [2.05, 4.69) is 22.9 Å². The van der Waals surface area contributed by atoms with Crippen molar-refractivity contribution in [1.29, 1.82) is 0 Å². The minimum atomic E-state index is -5.81. The zero-order valence-electron chi connectivity index (χ0n) is 17.6. The molecular weight excluding hydrogens is 569 g/mol. The molecule has 1 aromatic rings. The number of hydrogen-bond donors (Lipinski definition) is 7. The highest BCUT2D eigenvalue weighted by Gasteiger charge is 2.47. The molecule has 2 heterocycles. The first kappa shape index (κ1) is 30.4. The molecule has 0 aliphatic carbocycles. The molecule has 206 valence electrons. The molecule has 1 saturated heterocycles. The van der Waals surface area contributed by atoms with E-state index < -0.39 is 84.2 Å². The number of aromatic amines is 1. The smallest absolute Gasteiger partial charge is 0.475 e. The summed E-state index contributed by atoms with van der Waals surface area (Å²) < 4.78 is 55.7. The van der Waals surface area contributed by atoms with Crippen LogP contribution >= 0.6 is 23.5 Å². The lowest BCUT2D eigenvalue weighted by Gasteiger charge is -2.19. The van der Waals surface area contributed by atoms with Crippen molar-refractivity contribution in [3.05, 3.63) is 27.0 Å². The molecule has 21 nitrogen and oxygen atoms in total. The number of carbonyl (C=O) groups excluding carboxylic acids is 1. The van der Waals surface area contributed by atoms with Crippen molar-refractivity contribution in [3.63, 3.8) is 0 Å². The number of carbonyl (C=O) groups is 1. The fourth-order valence-electron chi connectivity index (χ4n) is 2.58. The Kier molecular flexibility index (Phi) is 9.90. The van der Waals surface area contributed by atoms with Gasteiger partial charge in [-0.25, -0.2) is 23.3 Å². The van der Waals surface area contributed by atoms with Gasteiger partial charge in [0.2, 0.25) is 5.75 Å². The Balaban J connectivity index is 2.13. The number of aromatic nitrogens is 2. The molecule has 0 amide bonds. The average molecular weight is 588 g/mol. The second-order valence-electron chi connectivity index (χ2n) is 6.50. The molecule has 1 aliphatic rings. The summed E-state index contributed by atoms with van der Waals surface area (Å²) in [4.78, 5) is 80.9. The summed E-state index contributed by atoms with van der Waals surface area (Å²) in [6.45, 7) is -1.99. The quantitative estimate of drug-likeness (QED) is 0.0726. The van der Waals surface area contributed by atoms with E-state index in [1.54, 1.807) is 4.98 Å². The van der Waals surface area contributed by atoms with E-state index in [1.807, 2.05) is 0 Å². The number of rotatable bonds is 12. The number of phosphoric acid groups is 3. The number of ether oxygens (including phenoxy) is 2.